The van der Waals surface area contributed by atoms with Gasteiger partial charge < -0.3 is 16.2 Å². The molecule has 0 radical (unpaired) electrons. The molecule has 0 heterocycles. The average Bonchev–Trinajstić information content (AvgIpc) is 2.75. The van der Waals surface area contributed by atoms with Gasteiger partial charge in [-0.25, -0.2) is 0 Å². The predicted molar refractivity (Wildman–Crippen MR) is 64.3 cm³/mol. The lowest BCUT2D eigenvalue weighted by molar-refractivity contribution is -0.141. The molecule has 17 heavy (non-hydrogen) atoms. The minimum Gasteiger partial charge on any atom is -0.481 e. The van der Waals surface area contributed by atoms with E-state index < -0.39 is 12.0 Å². The van der Waals surface area contributed by atoms with Gasteiger partial charge in [-0.1, -0.05) is 20.3 Å². The standard InChI is InChI=1S/C12H22N2O3/c1-3-7(2)10(13)11(15)14-9-5-4-8(6-9)12(16)17/h7-10H,3-6,13H2,1-2H3,(H,14,15)(H,16,17)/t7-,8?,9?,10-/m0/s1. The van der Waals surface area contributed by atoms with Crippen molar-refractivity contribution in [3.05, 3.63) is 0 Å². The Bertz CT molecular complexity index is 293. The van der Waals surface area contributed by atoms with Crippen molar-refractivity contribution in [2.75, 3.05) is 0 Å². The molecule has 0 aliphatic heterocycles. The fourth-order valence-electron chi connectivity index (χ4n) is 2.15. The van der Waals surface area contributed by atoms with Crippen molar-refractivity contribution in [3.63, 3.8) is 0 Å². The fourth-order valence-corrected chi connectivity index (χ4v) is 2.15. The molecule has 2 unspecified atom stereocenters. The van der Waals surface area contributed by atoms with Crippen LogP contribution in [0.4, 0.5) is 0 Å². The van der Waals surface area contributed by atoms with Crippen molar-refractivity contribution in [1.82, 2.24) is 5.32 Å². The van der Waals surface area contributed by atoms with Gasteiger partial charge in [0.15, 0.2) is 0 Å². The highest BCUT2D eigenvalue weighted by Crippen LogP contribution is 2.25. The summed E-state index contributed by atoms with van der Waals surface area (Å²) in [5.41, 5.74) is 5.82. The number of carbonyl (C=O) groups excluding carboxylic acids is 1. The van der Waals surface area contributed by atoms with Gasteiger partial charge in [0.2, 0.25) is 5.91 Å². The van der Waals surface area contributed by atoms with E-state index in [9.17, 15) is 9.59 Å². The SMILES string of the molecule is CC[C@H](C)[C@H](N)C(=O)NC1CCC(C(=O)O)C1. The van der Waals surface area contributed by atoms with Gasteiger partial charge in [-0.2, -0.15) is 0 Å². The van der Waals surface area contributed by atoms with Crippen LogP contribution in [-0.4, -0.2) is 29.1 Å². The molecule has 0 aromatic rings. The molecule has 1 aliphatic carbocycles. The summed E-state index contributed by atoms with van der Waals surface area (Å²) in [5.74, 6) is -1.10. The van der Waals surface area contributed by atoms with Crippen molar-refractivity contribution in [2.45, 2.75) is 51.6 Å². The third-order valence-corrected chi connectivity index (χ3v) is 3.69. The molecule has 5 nitrogen and oxygen atoms in total. The molecular weight excluding hydrogens is 220 g/mol. The maximum atomic E-state index is 11.8. The van der Waals surface area contributed by atoms with Crippen LogP contribution in [0.15, 0.2) is 0 Å². The molecule has 1 saturated carbocycles. The lowest BCUT2D eigenvalue weighted by Gasteiger charge is -2.20. The predicted octanol–water partition coefficient (Wildman–Crippen LogP) is 0.729. The number of nitrogens with two attached hydrogens (primary N) is 1. The highest BCUT2D eigenvalue weighted by Gasteiger charge is 2.31. The van der Waals surface area contributed by atoms with Crippen LogP contribution in [0, 0.1) is 11.8 Å². The van der Waals surface area contributed by atoms with E-state index in [4.69, 9.17) is 10.8 Å². The lowest BCUT2D eigenvalue weighted by atomic mass is 9.99. The third-order valence-electron chi connectivity index (χ3n) is 3.69. The fraction of sp³-hybridized carbons (Fsp3) is 0.833. The quantitative estimate of drug-likeness (QED) is 0.662. The van der Waals surface area contributed by atoms with Crippen molar-refractivity contribution in [2.24, 2.45) is 17.6 Å². The van der Waals surface area contributed by atoms with Gasteiger partial charge in [-0.05, 0) is 25.2 Å². The Morgan fingerprint density at radius 2 is 2.12 bits per heavy atom. The van der Waals surface area contributed by atoms with E-state index in [0.717, 1.165) is 12.8 Å². The number of aliphatic carboxylic acids is 1. The van der Waals surface area contributed by atoms with Gasteiger partial charge in [0.1, 0.15) is 0 Å². The van der Waals surface area contributed by atoms with Crippen LogP contribution in [0.2, 0.25) is 0 Å². The van der Waals surface area contributed by atoms with Gasteiger partial charge in [0, 0.05) is 6.04 Å². The molecule has 98 valence electrons. The number of carboxylic acid groups (broad SMARTS) is 1. The molecular formula is C12H22N2O3. The second kappa shape index (κ2) is 6.00. The Balaban J connectivity index is 2.40. The number of hydrogen-bond acceptors (Lipinski definition) is 3. The zero-order valence-corrected chi connectivity index (χ0v) is 10.5. The van der Waals surface area contributed by atoms with E-state index >= 15 is 0 Å². The summed E-state index contributed by atoms with van der Waals surface area (Å²) >= 11 is 0. The van der Waals surface area contributed by atoms with Crippen LogP contribution in [0.25, 0.3) is 0 Å². The molecule has 0 aromatic carbocycles. The van der Waals surface area contributed by atoms with Gasteiger partial charge in [-0.3, -0.25) is 9.59 Å². The molecule has 1 fully saturated rings. The largest absolute Gasteiger partial charge is 0.481 e. The summed E-state index contributed by atoms with van der Waals surface area (Å²) in [6.45, 7) is 3.94. The minimum absolute atomic E-state index is 0.0290. The second-order valence-corrected chi connectivity index (χ2v) is 4.97. The Morgan fingerprint density at radius 3 is 2.59 bits per heavy atom. The molecule has 0 saturated heterocycles. The summed E-state index contributed by atoms with van der Waals surface area (Å²) in [5, 5.41) is 11.7. The normalized spacial score (nSPS) is 27.5. The van der Waals surface area contributed by atoms with E-state index in [2.05, 4.69) is 5.32 Å². The summed E-state index contributed by atoms with van der Waals surface area (Å²) in [7, 11) is 0. The third kappa shape index (κ3) is 3.70. The number of hydrogen-bond donors (Lipinski definition) is 3. The van der Waals surface area contributed by atoms with E-state index in [1.54, 1.807) is 0 Å². The first kappa shape index (κ1) is 14.0. The lowest BCUT2D eigenvalue weighted by Crippen LogP contribution is -2.47. The molecule has 4 N–H and O–H groups in total. The molecule has 4 atom stereocenters. The van der Waals surface area contributed by atoms with Crippen molar-refractivity contribution in [1.29, 1.82) is 0 Å². The maximum absolute atomic E-state index is 11.8. The zero-order valence-electron chi connectivity index (χ0n) is 10.5. The Labute approximate surface area is 102 Å². The first-order chi connectivity index (χ1) is 7.95. The topological polar surface area (TPSA) is 92.4 Å². The highest BCUT2D eigenvalue weighted by molar-refractivity contribution is 5.82. The maximum Gasteiger partial charge on any atom is 0.306 e. The Morgan fingerprint density at radius 1 is 1.47 bits per heavy atom. The smallest absolute Gasteiger partial charge is 0.306 e. The van der Waals surface area contributed by atoms with Crippen LogP contribution < -0.4 is 11.1 Å². The van der Waals surface area contributed by atoms with Crippen LogP contribution >= 0.6 is 0 Å². The Kier molecular flexibility index (Phi) is 4.93. The molecule has 0 bridgehead atoms. The van der Waals surface area contributed by atoms with E-state index in [0.29, 0.717) is 12.8 Å². The van der Waals surface area contributed by atoms with Gasteiger partial charge in [0.25, 0.3) is 0 Å². The van der Waals surface area contributed by atoms with Crippen LogP contribution in [-0.2, 0) is 9.59 Å². The molecule has 1 aliphatic rings. The van der Waals surface area contributed by atoms with E-state index in [1.165, 1.54) is 0 Å². The minimum atomic E-state index is -0.770. The second-order valence-electron chi connectivity index (χ2n) is 4.97. The number of carboxylic acids is 1. The first-order valence-corrected chi connectivity index (χ1v) is 6.24. The monoisotopic (exact) mass is 242 g/mol. The van der Waals surface area contributed by atoms with Gasteiger partial charge in [0.05, 0.1) is 12.0 Å². The van der Waals surface area contributed by atoms with Crippen molar-refractivity contribution >= 4 is 11.9 Å². The number of rotatable bonds is 5. The summed E-state index contributed by atoms with van der Waals surface area (Å²) < 4.78 is 0. The van der Waals surface area contributed by atoms with Crippen molar-refractivity contribution in [3.8, 4) is 0 Å². The summed E-state index contributed by atoms with van der Waals surface area (Å²) in [6, 6.07) is -0.525. The molecule has 1 amide bonds. The van der Waals surface area contributed by atoms with E-state index in [-0.39, 0.29) is 23.8 Å². The summed E-state index contributed by atoms with van der Waals surface area (Å²) in [4.78, 5) is 22.6. The zero-order chi connectivity index (χ0) is 13.0. The first-order valence-electron chi connectivity index (χ1n) is 6.24. The Hall–Kier alpha value is -1.10. The number of nitrogens with one attached hydrogen (secondary N) is 1. The van der Waals surface area contributed by atoms with Gasteiger partial charge in [-0.15, -0.1) is 0 Å². The molecule has 5 heteroatoms. The van der Waals surface area contributed by atoms with Gasteiger partial charge >= 0.3 is 5.97 Å². The molecule has 0 aromatic heterocycles. The van der Waals surface area contributed by atoms with Crippen LogP contribution in [0.1, 0.15) is 39.5 Å². The van der Waals surface area contributed by atoms with E-state index in [1.807, 2.05) is 13.8 Å². The number of amides is 1. The molecule has 1 rings (SSSR count). The van der Waals surface area contributed by atoms with Crippen LogP contribution in [0.5, 0.6) is 0 Å². The highest BCUT2D eigenvalue weighted by atomic mass is 16.4. The number of carbonyl (C=O) groups is 2. The molecule has 0 spiro atoms. The van der Waals surface area contributed by atoms with Crippen LogP contribution in [0.3, 0.4) is 0 Å². The summed E-state index contributed by atoms with van der Waals surface area (Å²) in [6.07, 6.45) is 2.75. The average molecular weight is 242 g/mol. The van der Waals surface area contributed by atoms with Crippen molar-refractivity contribution < 1.29 is 14.7 Å².